The first-order valence-electron chi connectivity index (χ1n) is 9.01. The monoisotopic (exact) mass is 436 g/mol. The predicted octanol–water partition coefficient (Wildman–Crippen LogP) is 0.635. The molecule has 0 fully saturated rings. The standard InChI is InChI=1S/C19H24N4O6S/c20-19(21)22-29-12-4-11-28-15-9-7-14(8-10-15)13-17(18(24)25)23-30(26,27)16-5-2-1-3-6-16/h1-3,5-10,17,23H,4,11-13H2,(H,24,25)(H4,20,21,22). The van der Waals surface area contributed by atoms with E-state index in [9.17, 15) is 18.3 Å². The number of aliphatic carboxylic acids is 1. The quantitative estimate of drug-likeness (QED) is 0.163. The summed E-state index contributed by atoms with van der Waals surface area (Å²) < 4.78 is 32.6. The number of sulfonamides is 1. The number of carboxylic acids is 1. The molecular weight excluding hydrogens is 412 g/mol. The average molecular weight is 436 g/mol. The smallest absolute Gasteiger partial charge is 0.322 e. The van der Waals surface area contributed by atoms with E-state index < -0.39 is 22.0 Å². The zero-order chi connectivity index (χ0) is 22.0. The molecule has 0 saturated heterocycles. The van der Waals surface area contributed by atoms with Crippen LogP contribution in [0.25, 0.3) is 0 Å². The molecule has 0 saturated carbocycles. The minimum absolute atomic E-state index is 0.00353. The molecular formula is C19H24N4O6S. The van der Waals surface area contributed by atoms with Gasteiger partial charge in [-0.2, -0.15) is 4.72 Å². The van der Waals surface area contributed by atoms with Crippen LogP contribution in [0.5, 0.6) is 5.75 Å². The highest BCUT2D eigenvalue weighted by Crippen LogP contribution is 2.15. The lowest BCUT2D eigenvalue weighted by atomic mass is 10.1. The summed E-state index contributed by atoms with van der Waals surface area (Å²) >= 11 is 0. The summed E-state index contributed by atoms with van der Waals surface area (Å²) in [5.74, 6) is -0.842. The number of oxime groups is 1. The first kappa shape index (κ1) is 23.0. The highest BCUT2D eigenvalue weighted by atomic mass is 32.2. The summed E-state index contributed by atoms with van der Waals surface area (Å²) in [4.78, 5) is 16.4. The lowest BCUT2D eigenvalue weighted by Crippen LogP contribution is -2.42. The molecule has 6 N–H and O–H groups in total. The Bertz CT molecular complexity index is 945. The Labute approximate surface area is 174 Å². The third kappa shape index (κ3) is 7.60. The van der Waals surface area contributed by atoms with E-state index in [2.05, 4.69) is 9.88 Å². The van der Waals surface area contributed by atoms with Gasteiger partial charge in [0.15, 0.2) is 0 Å². The number of nitrogens with one attached hydrogen (secondary N) is 1. The van der Waals surface area contributed by atoms with Gasteiger partial charge in [-0.05, 0) is 41.4 Å². The minimum Gasteiger partial charge on any atom is -0.493 e. The van der Waals surface area contributed by atoms with Gasteiger partial charge in [0.2, 0.25) is 16.0 Å². The molecule has 0 aliphatic heterocycles. The highest BCUT2D eigenvalue weighted by molar-refractivity contribution is 7.89. The van der Waals surface area contributed by atoms with Crippen LogP contribution >= 0.6 is 0 Å². The van der Waals surface area contributed by atoms with Crippen molar-refractivity contribution in [2.24, 2.45) is 16.6 Å². The van der Waals surface area contributed by atoms with Crippen LogP contribution in [0.1, 0.15) is 12.0 Å². The van der Waals surface area contributed by atoms with Crippen molar-refractivity contribution in [3.05, 3.63) is 60.2 Å². The van der Waals surface area contributed by atoms with Gasteiger partial charge < -0.3 is 26.1 Å². The van der Waals surface area contributed by atoms with Crippen LogP contribution < -0.4 is 20.9 Å². The van der Waals surface area contributed by atoms with E-state index in [0.717, 1.165) is 0 Å². The van der Waals surface area contributed by atoms with Gasteiger partial charge in [0.25, 0.3) is 0 Å². The van der Waals surface area contributed by atoms with Gasteiger partial charge in [0, 0.05) is 6.42 Å². The van der Waals surface area contributed by atoms with E-state index in [1.165, 1.54) is 12.1 Å². The molecule has 162 valence electrons. The molecule has 2 rings (SSSR count). The maximum atomic E-state index is 12.4. The van der Waals surface area contributed by atoms with Gasteiger partial charge in [0.1, 0.15) is 18.4 Å². The number of guanidine groups is 1. The van der Waals surface area contributed by atoms with E-state index in [1.54, 1.807) is 42.5 Å². The number of hydrogen-bond donors (Lipinski definition) is 4. The molecule has 0 aliphatic carbocycles. The molecule has 0 aromatic heterocycles. The minimum atomic E-state index is -3.95. The largest absolute Gasteiger partial charge is 0.493 e. The SMILES string of the molecule is NC(N)=NOCCCOc1ccc(CC(NS(=O)(=O)c2ccccc2)C(=O)O)cc1. The number of carboxylic acid groups (broad SMARTS) is 1. The molecule has 1 atom stereocenters. The second-order valence-corrected chi connectivity index (χ2v) is 7.94. The van der Waals surface area contributed by atoms with Crippen molar-refractivity contribution in [2.45, 2.75) is 23.8 Å². The zero-order valence-electron chi connectivity index (χ0n) is 16.1. The van der Waals surface area contributed by atoms with Gasteiger partial charge >= 0.3 is 5.97 Å². The third-order valence-electron chi connectivity index (χ3n) is 3.83. The fourth-order valence-electron chi connectivity index (χ4n) is 2.43. The van der Waals surface area contributed by atoms with Crippen molar-refractivity contribution in [3.63, 3.8) is 0 Å². The molecule has 0 amide bonds. The Hall–Kier alpha value is -3.31. The molecule has 0 aliphatic rings. The number of benzene rings is 2. The highest BCUT2D eigenvalue weighted by Gasteiger charge is 2.25. The van der Waals surface area contributed by atoms with Crippen LogP contribution in [-0.2, 0) is 26.1 Å². The number of hydrogen-bond acceptors (Lipinski definition) is 6. The Morgan fingerprint density at radius 1 is 1.07 bits per heavy atom. The number of carbonyl (C=O) groups is 1. The Morgan fingerprint density at radius 3 is 2.33 bits per heavy atom. The molecule has 0 radical (unpaired) electrons. The van der Waals surface area contributed by atoms with Crippen molar-refractivity contribution in [1.82, 2.24) is 4.72 Å². The summed E-state index contributed by atoms with van der Waals surface area (Å²) in [5.41, 5.74) is 10.9. The van der Waals surface area contributed by atoms with Crippen LogP contribution in [0.3, 0.4) is 0 Å². The summed E-state index contributed by atoms with van der Waals surface area (Å²) in [7, 11) is -3.95. The summed E-state index contributed by atoms with van der Waals surface area (Å²) in [6.07, 6.45) is 0.537. The van der Waals surface area contributed by atoms with Gasteiger partial charge in [0.05, 0.1) is 11.5 Å². The number of nitrogens with zero attached hydrogens (tertiary/aromatic N) is 1. The second kappa shape index (κ2) is 11.0. The second-order valence-electron chi connectivity index (χ2n) is 6.22. The van der Waals surface area contributed by atoms with Gasteiger partial charge in [-0.15, -0.1) is 0 Å². The molecule has 11 heteroatoms. The molecule has 0 bridgehead atoms. The van der Waals surface area contributed by atoms with Crippen molar-refractivity contribution in [1.29, 1.82) is 0 Å². The van der Waals surface area contributed by atoms with Crippen LogP contribution in [-0.4, -0.2) is 44.7 Å². The fourth-order valence-corrected chi connectivity index (χ4v) is 3.64. The maximum absolute atomic E-state index is 12.4. The normalized spacial score (nSPS) is 12.0. The average Bonchev–Trinajstić information content (AvgIpc) is 2.71. The van der Waals surface area contributed by atoms with Crippen LogP contribution in [0.4, 0.5) is 0 Å². The molecule has 0 spiro atoms. The molecule has 30 heavy (non-hydrogen) atoms. The number of ether oxygens (including phenoxy) is 1. The summed E-state index contributed by atoms with van der Waals surface area (Å²) in [5, 5.41) is 12.8. The van der Waals surface area contributed by atoms with Crippen molar-refractivity contribution >= 4 is 22.0 Å². The van der Waals surface area contributed by atoms with E-state index in [0.29, 0.717) is 24.3 Å². The van der Waals surface area contributed by atoms with E-state index in [1.807, 2.05) is 0 Å². The Morgan fingerprint density at radius 2 is 1.73 bits per heavy atom. The topological polar surface area (TPSA) is 166 Å². The van der Waals surface area contributed by atoms with Crippen molar-refractivity contribution < 1.29 is 27.9 Å². The summed E-state index contributed by atoms with van der Waals surface area (Å²) in [6.45, 7) is 0.659. The Kier molecular flexibility index (Phi) is 8.44. The number of rotatable bonds is 12. The molecule has 1 unspecified atom stereocenters. The van der Waals surface area contributed by atoms with Gasteiger partial charge in [-0.3, -0.25) is 4.79 Å². The van der Waals surface area contributed by atoms with E-state index >= 15 is 0 Å². The molecule has 2 aromatic carbocycles. The maximum Gasteiger partial charge on any atom is 0.322 e. The third-order valence-corrected chi connectivity index (χ3v) is 5.32. The molecule has 2 aromatic rings. The first-order valence-corrected chi connectivity index (χ1v) is 10.5. The fraction of sp³-hybridized carbons (Fsp3) is 0.263. The lowest BCUT2D eigenvalue weighted by Gasteiger charge is -2.15. The van der Waals surface area contributed by atoms with Crippen LogP contribution in [0.2, 0.25) is 0 Å². The lowest BCUT2D eigenvalue weighted by molar-refractivity contribution is -0.138. The summed E-state index contributed by atoms with van der Waals surface area (Å²) in [6, 6.07) is 13.0. The van der Waals surface area contributed by atoms with E-state index in [-0.39, 0.29) is 23.9 Å². The predicted molar refractivity (Wildman–Crippen MR) is 110 cm³/mol. The Balaban J connectivity index is 1.90. The van der Waals surface area contributed by atoms with Gasteiger partial charge in [-0.1, -0.05) is 30.3 Å². The molecule has 10 nitrogen and oxygen atoms in total. The first-order chi connectivity index (χ1) is 14.3. The molecule has 0 heterocycles. The van der Waals surface area contributed by atoms with Crippen LogP contribution in [0, 0.1) is 0 Å². The van der Waals surface area contributed by atoms with E-state index in [4.69, 9.17) is 21.0 Å². The number of nitrogens with two attached hydrogens (primary N) is 2. The van der Waals surface area contributed by atoms with Crippen LogP contribution in [0.15, 0.2) is 64.6 Å². The van der Waals surface area contributed by atoms with Gasteiger partial charge in [-0.25, -0.2) is 8.42 Å². The van der Waals surface area contributed by atoms with Crippen molar-refractivity contribution in [3.8, 4) is 5.75 Å². The van der Waals surface area contributed by atoms with Crippen molar-refractivity contribution in [2.75, 3.05) is 13.2 Å². The zero-order valence-corrected chi connectivity index (χ0v) is 16.9.